The molecule has 0 saturated carbocycles. The minimum Gasteiger partial charge on any atom is -0.496 e. The molecule has 1 aliphatic rings. The third kappa shape index (κ3) is 2.73. The van der Waals surface area contributed by atoms with Gasteiger partial charge in [0.2, 0.25) is 0 Å². The molecule has 1 aromatic carbocycles. The summed E-state index contributed by atoms with van der Waals surface area (Å²) in [5.41, 5.74) is 5.41. The van der Waals surface area contributed by atoms with Crippen molar-refractivity contribution in [3.05, 3.63) is 46.6 Å². The molecule has 3 aromatic rings. The van der Waals surface area contributed by atoms with E-state index in [1.807, 2.05) is 24.3 Å². The van der Waals surface area contributed by atoms with Gasteiger partial charge in [-0.25, -0.2) is 9.97 Å². The molecule has 4 rings (SSSR count). The molecule has 2 aromatic heterocycles. The zero-order valence-corrected chi connectivity index (χ0v) is 14.3. The third-order valence-corrected chi connectivity index (χ3v) is 5.46. The van der Waals surface area contributed by atoms with Crippen molar-refractivity contribution >= 4 is 33.6 Å². The fourth-order valence-electron chi connectivity index (χ4n) is 3.11. The summed E-state index contributed by atoms with van der Waals surface area (Å²) < 4.78 is 5.34. The van der Waals surface area contributed by atoms with Crippen molar-refractivity contribution in [3.63, 3.8) is 0 Å². The highest BCUT2D eigenvalue weighted by molar-refractivity contribution is 7.19. The van der Waals surface area contributed by atoms with Gasteiger partial charge in [0.25, 0.3) is 0 Å². The van der Waals surface area contributed by atoms with Gasteiger partial charge in [-0.05, 0) is 43.4 Å². The van der Waals surface area contributed by atoms with Crippen molar-refractivity contribution in [3.8, 4) is 5.75 Å². The Hall–Kier alpha value is -2.47. The molecule has 122 valence electrons. The molecule has 0 radical (unpaired) electrons. The summed E-state index contributed by atoms with van der Waals surface area (Å²) in [7, 11) is 1.66. The molecule has 0 atom stereocenters. The molecule has 0 amide bonds. The molecule has 5 nitrogen and oxygen atoms in total. The second-order valence-corrected chi connectivity index (χ2v) is 6.81. The summed E-state index contributed by atoms with van der Waals surface area (Å²) in [6.07, 6.45) is 8.12. The van der Waals surface area contributed by atoms with Crippen LogP contribution in [0.1, 0.15) is 28.8 Å². The fourth-order valence-corrected chi connectivity index (χ4v) is 4.34. The Bertz CT molecular complexity index is 903. The monoisotopic (exact) mass is 338 g/mol. The van der Waals surface area contributed by atoms with Crippen LogP contribution in [0.4, 0.5) is 5.82 Å². The van der Waals surface area contributed by atoms with Crippen molar-refractivity contribution < 1.29 is 4.74 Å². The number of aryl methyl sites for hydroxylation is 2. The first-order valence-electron chi connectivity index (χ1n) is 8.04. The van der Waals surface area contributed by atoms with E-state index in [0.29, 0.717) is 0 Å². The molecule has 0 aliphatic heterocycles. The lowest BCUT2D eigenvalue weighted by atomic mass is 9.97. The number of para-hydroxylation sites is 1. The normalized spacial score (nSPS) is 14.0. The highest BCUT2D eigenvalue weighted by Gasteiger charge is 2.19. The number of hydrogen-bond donors (Lipinski definition) is 1. The zero-order valence-electron chi connectivity index (χ0n) is 13.5. The second kappa shape index (κ2) is 6.57. The summed E-state index contributed by atoms with van der Waals surface area (Å²) in [6, 6.07) is 7.78. The van der Waals surface area contributed by atoms with E-state index in [1.165, 1.54) is 23.3 Å². The van der Waals surface area contributed by atoms with Crippen LogP contribution in [0.15, 0.2) is 35.7 Å². The van der Waals surface area contributed by atoms with Gasteiger partial charge in [0, 0.05) is 10.4 Å². The van der Waals surface area contributed by atoms with E-state index in [4.69, 9.17) is 4.74 Å². The number of benzene rings is 1. The molecule has 1 aliphatic carbocycles. The molecule has 6 heteroatoms. The molecule has 24 heavy (non-hydrogen) atoms. The minimum atomic E-state index is 0.783. The molecule has 0 fully saturated rings. The molecule has 0 unspecified atom stereocenters. The van der Waals surface area contributed by atoms with Crippen LogP contribution in [0.5, 0.6) is 5.75 Å². The molecular formula is C18H18N4OS. The van der Waals surface area contributed by atoms with Crippen LogP contribution in [0, 0.1) is 0 Å². The van der Waals surface area contributed by atoms with E-state index in [2.05, 4.69) is 20.5 Å². The number of fused-ring (bicyclic) bond motifs is 3. The smallest absolute Gasteiger partial charge is 0.158 e. The quantitative estimate of drug-likeness (QED) is 0.576. The van der Waals surface area contributed by atoms with E-state index in [-0.39, 0.29) is 0 Å². The number of hydrogen-bond acceptors (Lipinski definition) is 6. The van der Waals surface area contributed by atoms with Gasteiger partial charge in [0.05, 0.1) is 18.7 Å². The summed E-state index contributed by atoms with van der Waals surface area (Å²) in [4.78, 5) is 11.3. The summed E-state index contributed by atoms with van der Waals surface area (Å²) in [5.74, 6) is 1.58. The zero-order chi connectivity index (χ0) is 16.4. The van der Waals surface area contributed by atoms with Crippen LogP contribution >= 0.6 is 11.3 Å². The Morgan fingerprint density at radius 3 is 3.00 bits per heavy atom. The highest BCUT2D eigenvalue weighted by Crippen LogP contribution is 2.38. The van der Waals surface area contributed by atoms with Crippen LogP contribution < -0.4 is 10.2 Å². The molecule has 2 heterocycles. The van der Waals surface area contributed by atoms with Gasteiger partial charge in [-0.2, -0.15) is 5.10 Å². The number of ether oxygens (including phenoxy) is 1. The van der Waals surface area contributed by atoms with Gasteiger partial charge in [-0.1, -0.05) is 12.1 Å². The number of aromatic nitrogens is 2. The first-order valence-corrected chi connectivity index (χ1v) is 8.86. The highest BCUT2D eigenvalue weighted by atomic mass is 32.1. The van der Waals surface area contributed by atoms with Crippen LogP contribution in [-0.4, -0.2) is 23.3 Å². The van der Waals surface area contributed by atoms with E-state index in [9.17, 15) is 0 Å². The van der Waals surface area contributed by atoms with Gasteiger partial charge in [0.15, 0.2) is 5.82 Å². The SMILES string of the molecule is COc1ccccc1/C=N/Nc1ncnc2sc3c(c12)CCCC3. The molecule has 0 saturated heterocycles. The molecule has 1 N–H and O–H groups in total. The van der Waals surface area contributed by atoms with E-state index < -0.39 is 0 Å². The average Bonchev–Trinajstić information content (AvgIpc) is 3.01. The van der Waals surface area contributed by atoms with Crippen LogP contribution in [0.25, 0.3) is 10.2 Å². The maximum atomic E-state index is 5.34. The van der Waals surface area contributed by atoms with Gasteiger partial charge in [-0.15, -0.1) is 11.3 Å². The van der Waals surface area contributed by atoms with E-state index in [0.717, 1.165) is 40.2 Å². The number of thiophene rings is 1. The van der Waals surface area contributed by atoms with Gasteiger partial charge in [0.1, 0.15) is 16.9 Å². The topological polar surface area (TPSA) is 59.4 Å². The summed E-state index contributed by atoms with van der Waals surface area (Å²) >= 11 is 1.79. The van der Waals surface area contributed by atoms with Crippen LogP contribution in [-0.2, 0) is 12.8 Å². The van der Waals surface area contributed by atoms with E-state index >= 15 is 0 Å². The molecule has 0 bridgehead atoms. The van der Waals surface area contributed by atoms with E-state index in [1.54, 1.807) is 31.0 Å². The first kappa shape index (κ1) is 15.1. The Morgan fingerprint density at radius 2 is 2.08 bits per heavy atom. The maximum Gasteiger partial charge on any atom is 0.158 e. The summed E-state index contributed by atoms with van der Waals surface area (Å²) in [6.45, 7) is 0. The van der Waals surface area contributed by atoms with Crippen molar-refractivity contribution in [2.45, 2.75) is 25.7 Å². The standard InChI is InChI=1S/C18H18N4OS/c1-23-14-8-4-2-6-12(14)10-21-22-17-16-13-7-3-5-9-15(13)24-18(16)20-11-19-17/h2,4,6,8,10-11H,3,5,7,9H2,1H3,(H,19,20,22)/b21-10+. The lowest BCUT2D eigenvalue weighted by Crippen LogP contribution is -2.01. The number of nitrogens with one attached hydrogen (secondary N) is 1. The lowest BCUT2D eigenvalue weighted by molar-refractivity contribution is 0.414. The van der Waals surface area contributed by atoms with Crippen molar-refractivity contribution in [2.24, 2.45) is 5.10 Å². The van der Waals surface area contributed by atoms with Gasteiger partial charge >= 0.3 is 0 Å². The fraction of sp³-hybridized carbons (Fsp3) is 0.278. The van der Waals surface area contributed by atoms with Crippen molar-refractivity contribution in [1.29, 1.82) is 0 Å². The largest absolute Gasteiger partial charge is 0.496 e. The van der Waals surface area contributed by atoms with Crippen LogP contribution in [0.2, 0.25) is 0 Å². The number of rotatable bonds is 4. The Labute approximate surface area is 144 Å². The van der Waals surface area contributed by atoms with Gasteiger partial charge in [-0.3, -0.25) is 5.43 Å². The predicted molar refractivity (Wildman–Crippen MR) is 98.3 cm³/mol. The Kier molecular flexibility index (Phi) is 4.13. The number of methoxy groups -OCH3 is 1. The predicted octanol–water partition coefficient (Wildman–Crippen LogP) is 4.02. The number of anilines is 1. The number of nitrogens with zero attached hydrogens (tertiary/aromatic N) is 3. The Morgan fingerprint density at radius 1 is 1.21 bits per heavy atom. The second-order valence-electron chi connectivity index (χ2n) is 5.73. The third-order valence-electron chi connectivity index (χ3n) is 4.26. The summed E-state index contributed by atoms with van der Waals surface area (Å²) in [5, 5.41) is 5.49. The minimum absolute atomic E-state index is 0.783. The molecule has 0 spiro atoms. The maximum absolute atomic E-state index is 5.34. The first-order chi connectivity index (χ1) is 11.9. The lowest BCUT2D eigenvalue weighted by Gasteiger charge is -2.11. The Balaban J connectivity index is 1.65. The van der Waals surface area contributed by atoms with Gasteiger partial charge < -0.3 is 4.74 Å². The average molecular weight is 338 g/mol. The molecular weight excluding hydrogens is 320 g/mol. The van der Waals surface area contributed by atoms with Crippen molar-refractivity contribution in [2.75, 3.05) is 12.5 Å². The van der Waals surface area contributed by atoms with Crippen LogP contribution in [0.3, 0.4) is 0 Å². The number of hydrazone groups is 1. The van der Waals surface area contributed by atoms with Crippen molar-refractivity contribution in [1.82, 2.24) is 9.97 Å².